The summed E-state index contributed by atoms with van der Waals surface area (Å²) in [6.07, 6.45) is 1.67. The number of nitrogens with one attached hydrogen (secondary N) is 1. The highest BCUT2D eigenvalue weighted by molar-refractivity contribution is 5.84. The second kappa shape index (κ2) is 4.86. The fraction of sp³-hybridized carbons (Fsp3) is 0. The summed E-state index contributed by atoms with van der Waals surface area (Å²) in [5.74, 6) is 5.97. The van der Waals surface area contributed by atoms with Crippen molar-refractivity contribution in [2.24, 2.45) is 0 Å². The normalized spacial score (nSPS) is 10.0. The van der Waals surface area contributed by atoms with E-state index in [1.54, 1.807) is 30.5 Å². The minimum absolute atomic E-state index is 0.0948. The van der Waals surface area contributed by atoms with E-state index in [2.05, 4.69) is 26.8 Å². The summed E-state index contributed by atoms with van der Waals surface area (Å²) in [5, 5.41) is 0.435. The zero-order chi connectivity index (χ0) is 13.9. The Bertz CT molecular complexity index is 888. The van der Waals surface area contributed by atoms with Crippen molar-refractivity contribution in [2.45, 2.75) is 0 Å². The standard InChI is InChI=1S/C15H10N4O/c16-15-18-12-6-3-4-10(13(12)14(20)19-15)7-8-11-5-1-2-9-17-11/h1-6,9H,(H3,16,18,19,20). The molecule has 5 nitrogen and oxygen atoms in total. The molecule has 0 spiro atoms. The van der Waals surface area contributed by atoms with Crippen LogP contribution in [0.3, 0.4) is 0 Å². The minimum atomic E-state index is -0.293. The lowest BCUT2D eigenvalue weighted by molar-refractivity contribution is 1.19. The predicted octanol–water partition coefficient (Wildman–Crippen LogP) is 1.30. The number of H-pyrrole nitrogens is 1. The van der Waals surface area contributed by atoms with Gasteiger partial charge in [-0.05, 0) is 30.2 Å². The zero-order valence-corrected chi connectivity index (χ0v) is 10.4. The van der Waals surface area contributed by atoms with E-state index in [0.29, 0.717) is 22.2 Å². The van der Waals surface area contributed by atoms with Crippen LogP contribution in [0.25, 0.3) is 10.9 Å². The van der Waals surface area contributed by atoms with Crippen LogP contribution in [-0.4, -0.2) is 15.0 Å². The summed E-state index contributed by atoms with van der Waals surface area (Å²) in [5.41, 5.74) is 7.00. The van der Waals surface area contributed by atoms with E-state index in [0.717, 1.165) is 0 Å². The molecule has 3 N–H and O–H groups in total. The van der Waals surface area contributed by atoms with Crippen LogP contribution in [0.2, 0.25) is 0 Å². The van der Waals surface area contributed by atoms with Crippen molar-refractivity contribution < 1.29 is 0 Å². The molecule has 0 saturated heterocycles. The summed E-state index contributed by atoms with van der Waals surface area (Å²) in [4.78, 5) is 22.7. The predicted molar refractivity (Wildman–Crippen MR) is 77.0 cm³/mol. The minimum Gasteiger partial charge on any atom is -0.369 e. The van der Waals surface area contributed by atoms with Crippen LogP contribution < -0.4 is 11.3 Å². The third-order valence-corrected chi connectivity index (χ3v) is 2.74. The molecule has 0 radical (unpaired) electrons. The number of nitrogens with two attached hydrogens (primary N) is 1. The van der Waals surface area contributed by atoms with Gasteiger partial charge in [0.05, 0.1) is 10.9 Å². The Labute approximate surface area is 114 Å². The summed E-state index contributed by atoms with van der Waals surface area (Å²) >= 11 is 0. The molecule has 0 unspecified atom stereocenters. The molecule has 96 valence electrons. The monoisotopic (exact) mass is 262 g/mol. The van der Waals surface area contributed by atoms with Gasteiger partial charge in [0, 0.05) is 11.8 Å². The number of benzene rings is 1. The Balaban J connectivity index is 2.19. The second-order valence-corrected chi connectivity index (χ2v) is 4.12. The van der Waals surface area contributed by atoms with Crippen LogP contribution >= 0.6 is 0 Å². The Morgan fingerprint density at radius 1 is 1.10 bits per heavy atom. The number of hydrogen-bond acceptors (Lipinski definition) is 4. The van der Waals surface area contributed by atoms with E-state index in [1.807, 2.05) is 12.1 Å². The Kier molecular flexibility index (Phi) is 2.90. The van der Waals surface area contributed by atoms with E-state index in [1.165, 1.54) is 0 Å². The van der Waals surface area contributed by atoms with Crippen molar-refractivity contribution >= 4 is 16.9 Å². The highest BCUT2D eigenvalue weighted by Crippen LogP contribution is 2.12. The van der Waals surface area contributed by atoms with Gasteiger partial charge in [-0.1, -0.05) is 18.1 Å². The van der Waals surface area contributed by atoms with Gasteiger partial charge in [-0.3, -0.25) is 9.78 Å². The fourth-order valence-corrected chi connectivity index (χ4v) is 1.88. The van der Waals surface area contributed by atoms with Gasteiger partial charge >= 0.3 is 0 Å². The molecule has 0 aliphatic rings. The van der Waals surface area contributed by atoms with Crippen molar-refractivity contribution in [1.82, 2.24) is 15.0 Å². The highest BCUT2D eigenvalue weighted by atomic mass is 16.1. The molecule has 0 fully saturated rings. The van der Waals surface area contributed by atoms with Crippen LogP contribution in [0, 0.1) is 11.8 Å². The third-order valence-electron chi connectivity index (χ3n) is 2.74. The van der Waals surface area contributed by atoms with E-state index < -0.39 is 0 Å². The number of nitrogen functional groups attached to an aromatic ring is 1. The summed E-state index contributed by atoms with van der Waals surface area (Å²) in [6.45, 7) is 0. The lowest BCUT2D eigenvalue weighted by Crippen LogP contribution is -2.12. The number of rotatable bonds is 0. The summed E-state index contributed by atoms with van der Waals surface area (Å²) in [7, 11) is 0. The maximum Gasteiger partial charge on any atom is 0.261 e. The molecule has 1 aromatic carbocycles. The van der Waals surface area contributed by atoms with E-state index in [4.69, 9.17) is 5.73 Å². The van der Waals surface area contributed by atoms with Gasteiger partial charge in [-0.15, -0.1) is 0 Å². The van der Waals surface area contributed by atoms with Gasteiger partial charge in [-0.25, -0.2) is 9.97 Å². The van der Waals surface area contributed by atoms with Crippen LogP contribution in [0.15, 0.2) is 47.4 Å². The molecular formula is C15H10N4O. The molecule has 2 aromatic heterocycles. The van der Waals surface area contributed by atoms with Gasteiger partial charge in [0.25, 0.3) is 5.56 Å². The number of aromatic amines is 1. The van der Waals surface area contributed by atoms with Gasteiger partial charge < -0.3 is 5.73 Å². The molecule has 0 amide bonds. The molecule has 0 atom stereocenters. The van der Waals surface area contributed by atoms with Crippen LogP contribution in [0.5, 0.6) is 0 Å². The van der Waals surface area contributed by atoms with Crippen molar-refractivity contribution in [3.63, 3.8) is 0 Å². The van der Waals surface area contributed by atoms with Crippen molar-refractivity contribution in [3.8, 4) is 11.8 Å². The lowest BCUT2D eigenvalue weighted by atomic mass is 10.1. The Hall–Kier alpha value is -3.13. The first-order valence-corrected chi connectivity index (χ1v) is 5.95. The highest BCUT2D eigenvalue weighted by Gasteiger charge is 2.05. The molecule has 20 heavy (non-hydrogen) atoms. The van der Waals surface area contributed by atoms with Crippen LogP contribution in [0.4, 0.5) is 5.95 Å². The largest absolute Gasteiger partial charge is 0.369 e. The van der Waals surface area contributed by atoms with E-state index in [9.17, 15) is 4.79 Å². The van der Waals surface area contributed by atoms with Crippen molar-refractivity contribution in [1.29, 1.82) is 0 Å². The van der Waals surface area contributed by atoms with Gasteiger partial charge in [0.1, 0.15) is 5.69 Å². The first kappa shape index (κ1) is 11.9. The first-order chi connectivity index (χ1) is 9.74. The maximum atomic E-state index is 12.0. The molecule has 2 heterocycles. The Morgan fingerprint density at radius 2 is 2.00 bits per heavy atom. The van der Waals surface area contributed by atoms with Gasteiger partial charge in [-0.2, -0.15) is 0 Å². The number of pyridine rings is 1. The first-order valence-electron chi connectivity index (χ1n) is 5.95. The number of hydrogen-bond donors (Lipinski definition) is 2. The van der Waals surface area contributed by atoms with Gasteiger partial charge in [0.15, 0.2) is 0 Å². The average Bonchev–Trinajstić information content (AvgIpc) is 2.45. The number of fused-ring (bicyclic) bond motifs is 1. The number of anilines is 1. The van der Waals surface area contributed by atoms with Crippen LogP contribution in [0.1, 0.15) is 11.3 Å². The number of aromatic nitrogens is 3. The van der Waals surface area contributed by atoms with E-state index >= 15 is 0 Å². The second-order valence-electron chi connectivity index (χ2n) is 4.12. The molecule has 0 aliphatic heterocycles. The summed E-state index contributed by atoms with van der Waals surface area (Å²) in [6, 6.07) is 10.8. The topological polar surface area (TPSA) is 84.7 Å². The lowest BCUT2D eigenvalue weighted by Gasteiger charge is -2.00. The van der Waals surface area contributed by atoms with Gasteiger partial charge in [0.2, 0.25) is 5.95 Å². The molecule has 0 bridgehead atoms. The van der Waals surface area contributed by atoms with Crippen LogP contribution in [-0.2, 0) is 0 Å². The molecule has 0 aliphatic carbocycles. The van der Waals surface area contributed by atoms with Crippen molar-refractivity contribution in [3.05, 3.63) is 64.2 Å². The zero-order valence-electron chi connectivity index (χ0n) is 10.4. The molecule has 0 saturated carbocycles. The molecule has 3 aromatic rings. The molecule has 5 heteroatoms. The SMILES string of the molecule is Nc1nc2cccc(C#Cc3ccccn3)c2c(=O)[nH]1. The average molecular weight is 262 g/mol. The number of nitrogens with zero attached hydrogens (tertiary/aromatic N) is 2. The maximum absolute atomic E-state index is 12.0. The quantitative estimate of drug-likeness (QED) is 0.598. The fourth-order valence-electron chi connectivity index (χ4n) is 1.88. The molecular weight excluding hydrogens is 252 g/mol. The Morgan fingerprint density at radius 3 is 2.80 bits per heavy atom. The third kappa shape index (κ3) is 2.22. The van der Waals surface area contributed by atoms with Crippen molar-refractivity contribution in [2.75, 3.05) is 5.73 Å². The smallest absolute Gasteiger partial charge is 0.261 e. The summed E-state index contributed by atoms with van der Waals surface area (Å²) < 4.78 is 0. The van der Waals surface area contributed by atoms with E-state index in [-0.39, 0.29) is 11.5 Å². The molecule has 3 rings (SSSR count).